The summed E-state index contributed by atoms with van der Waals surface area (Å²) >= 11 is 0. The predicted molar refractivity (Wildman–Crippen MR) is 37.3 cm³/mol. The molecule has 0 saturated carbocycles. The number of halogens is 3. The molecule has 0 aliphatic rings. The van der Waals surface area contributed by atoms with Crippen LogP contribution in [-0.4, -0.2) is 24.7 Å². The van der Waals surface area contributed by atoms with Gasteiger partial charge < -0.3 is 11.1 Å². The van der Waals surface area contributed by atoms with E-state index in [1.807, 2.05) is 0 Å². The van der Waals surface area contributed by atoms with Crippen molar-refractivity contribution in [3.05, 3.63) is 0 Å². The number of hydrogen-bond donors (Lipinski definition) is 2. The molecule has 0 radical (unpaired) electrons. The van der Waals surface area contributed by atoms with Gasteiger partial charge in [0.05, 0.1) is 13.0 Å². The third kappa shape index (κ3) is 7.33. The Labute approximate surface area is 68.1 Å². The minimum Gasteiger partial charge on any atom is -0.369 e. The van der Waals surface area contributed by atoms with E-state index in [1.165, 1.54) is 6.92 Å². The molecular formula is C6H11F3N2O. The van der Waals surface area contributed by atoms with Crippen LogP contribution in [0.15, 0.2) is 0 Å². The summed E-state index contributed by atoms with van der Waals surface area (Å²) in [5.74, 6) is -0.663. The normalized spacial score (nSPS) is 14.3. The Hall–Kier alpha value is -0.780. The van der Waals surface area contributed by atoms with E-state index in [9.17, 15) is 18.0 Å². The summed E-state index contributed by atoms with van der Waals surface area (Å²) in [7, 11) is 0. The summed E-state index contributed by atoms with van der Waals surface area (Å²) in [6, 6.07) is -0.780. The van der Waals surface area contributed by atoms with Crippen LogP contribution in [0.5, 0.6) is 0 Å². The van der Waals surface area contributed by atoms with E-state index in [1.54, 1.807) is 0 Å². The quantitative estimate of drug-likeness (QED) is 0.664. The topological polar surface area (TPSA) is 55.1 Å². The molecule has 6 heteroatoms. The van der Waals surface area contributed by atoms with Crippen molar-refractivity contribution in [3.63, 3.8) is 0 Å². The van der Waals surface area contributed by atoms with Gasteiger partial charge in [-0.05, 0) is 6.92 Å². The highest BCUT2D eigenvalue weighted by atomic mass is 19.4. The van der Waals surface area contributed by atoms with E-state index in [-0.39, 0.29) is 6.54 Å². The lowest BCUT2D eigenvalue weighted by Crippen LogP contribution is -2.37. The highest BCUT2D eigenvalue weighted by Crippen LogP contribution is 2.20. The lowest BCUT2D eigenvalue weighted by atomic mass is 10.2. The SMILES string of the molecule is CC(CC(F)(F)F)NCC(N)=O. The highest BCUT2D eigenvalue weighted by molar-refractivity contribution is 5.75. The third-order valence-electron chi connectivity index (χ3n) is 1.16. The van der Waals surface area contributed by atoms with Gasteiger partial charge in [0.15, 0.2) is 0 Å². The molecule has 0 aromatic rings. The minimum absolute atomic E-state index is 0.225. The smallest absolute Gasteiger partial charge is 0.369 e. The summed E-state index contributed by atoms with van der Waals surface area (Å²) in [5, 5.41) is 2.34. The molecule has 72 valence electrons. The fraction of sp³-hybridized carbons (Fsp3) is 0.833. The summed E-state index contributed by atoms with van der Waals surface area (Å²) in [6.07, 6.45) is -5.16. The van der Waals surface area contributed by atoms with Crippen molar-refractivity contribution in [1.82, 2.24) is 5.32 Å². The van der Waals surface area contributed by atoms with Crippen LogP contribution < -0.4 is 11.1 Å². The molecule has 12 heavy (non-hydrogen) atoms. The number of amides is 1. The average molecular weight is 184 g/mol. The zero-order valence-electron chi connectivity index (χ0n) is 6.61. The molecular weight excluding hydrogens is 173 g/mol. The Morgan fingerprint density at radius 1 is 1.58 bits per heavy atom. The maximum absolute atomic E-state index is 11.7. The second kappa shape index (κ2) is 4.30. The Bertz CT molecular complexity index is 157. The van der Waals surface area contributed by atoms with Gasteiger partial charge in [-0.15, -0.1) is 0 Å². The number of alkyl halides is 3. The molecule has 0 bridgehead atoms. The van der Waals surface area contributed by atoms with Crippen LogP contribution in [0.3, 0.4) is 0 Å². The Morgan fingerprint density at radius 3 is 2.42 bits per heavy atom. The number of carbonyl (C=O) groups excluding carboxylic acids is 1. The van der Waals surface area contributed by atoms with E-state index in [2.05, 4.69) is 5.32 Å². The second-order valence-electron chi connectivity index (χ2n) is 2.57. The maximum Gasteiger partial charge on any atom is 0.390 e. The number of nitrogens with two attached hydrogens (primary N) is 1. The van der Waals surface area contributed by atoms with Gasteiger partial charge in [0.25, 0.3) is 0 Å². The van der Waals surface area contributed by atoms with Crippen LogP contribution in [-0.2, 0) is 4.79 Å². The molecule has 0 aliphatic carbocycles. The van der Waals surface area contributed by atoms with E-state index in [0.717, 1.165) is 0 Å². The molecule has 0 aromatic carbocycles. The first-order valence-corrected chi connectivity index (χ1v) is 3.39. The average Bonchev–Trinajstić information content (AvgIpc) is 1.79. The van der Waals surface area contributed by atoms with Crippen molar-refractivity contribution >= 4 is 5.91 Å². The van der Waals surface area contributed by atoms with Crippen LogP contribution in [0.2, 0.25) is 0 Å². The van der Waals surface area contributed by atoms with Crippen molar-refractivity contribution < 1.29 is 18.0 Å². The fourth-order valence-electron chi connectivity index (χ4n) is 0.694. The molecule has 0 rings (SSSR count). The third-order valence-corrected chi connectivity index (χ3v) is 1.16. The lowest BCUT2D eigenvalue weighted by molar-refractivity contribution is -0.139. The van der Waals surface area contributed by atoms with E-state index < -0.39 is 24.5 Å². The summed E-state index contributed by atoms with van der Waals surface area (Å²) in [5.41, 5.74) is 4.72. The Kier molecular flexibility index (Phi) is 4.02. The second-order valence-corrected chi connectivity index (χ2v) is 2.57. The molecule has 1 amide bonds. The molecule has 1 atom stereocenters. The van der Waals surface area contributed by atoms with Gasteiger partial charge in [-0.2, -0.15) is 13.2 Å². The van der Waals surface area contributed by atoms with Crippen molar-refractivity contribution in [2.45, 2.75) is 25.6 Å². The zero-order chi connectivity index (χ0) is 9.78. The molecule has 3 N–H and O–H groups in total. The first kappa shape index (κ1) is 11.2. The monoisotopic (exact) mass is 184 g/mol. The summed E-state index contributed by atoms with van der Waals surface area (Å²) in [4.78, 5) is 10.1. The number of rotatable bonds is 4. The van der Waals surface area contributed by atoms with Crippen molar-refractivity contribution in [1.29, 1.82) is 0 Å². The number of hydrogen-bond acceptors (Lipinski definition) is 2. The lowest BCUT2D eigenvalue weighted by Gasteiger charge is -2.14. The largest absolute Gasteiger partial charge is 0.390 e. The van der Waals surface area contributed by atoms with Crippen LogP contribution in [0.1, 0.15) is 13.3 Å². The van der Waals surface area contributed by atoms with E-state index in [4.69, 9.17) is 5.73 Å². The van der Waals surface area contributed by atoms with Gasteiger partial charge in [0, 0.05) is 6.04 Å². The molecule has 0 spiro atoms. The molecule has 0 heterocycles. The van der Waals surface area contributed by atoms with Crippen molar-refractivity contribution in [2.75, 3.05) is 6.54 Å². The first-order valence-electron chi connectivity index (χ1n) is 3.39. The maximum atomic E-state index is 11.7. The zero-order valence-corrected chi connectivity index (χ0v) is 6.61. The van der Waals surface area contributed by atoms with Gasteiger partial charge in [-0.1, -0.05) is 0 Å². The van der Waals surface area contributed by atoms with Gasteiger partial charge in [0.2, 0.25) is 5.91 Å². The summed E-state index contributed by atoms with van der Waals surface area (Å²) < 4.78 is 35.0. The van der Waals surface area contributed by atoms with Crippen molar-refractivity contribution in [3.8, 4) is 0 Å². The number of carbonyl (C=O) groups is 1. The summed E-state index contributed by atoms with van der Waals surface area (Å²) in [6.45, 7) is 1.12. The van der Waals surface area contributed by atoms with Gasteiger partial charge in [-0.25, -0.2) is 0 Å². The van der Waals surface area contributed by atoms with Crippen LogP contribution >= 0.6 is 0 Å². The fourth-order valence-corrected chi connectivity index (χ4v) is 0.694. The van der Waals surface area contributed by atoms with E-state index in [0.29, 0.717) is 0 Å². The minimum atomic E-state index is -4.20. The molecule has 0 aliphatic heterocycles. The molecule has 0 saturated heterocycles. The first-order chi connectivity index (χ1) is 5.31. The Morgan fingerprint density at radius 2 is 2.08 bits per heavy atom. The Balaban J connectivity index is 3.60. The molecule has 1 unspecified atom stereocenters. The van der Waals surface area contributed by atoms with Crippen molar-refractivity contribution in [2.24, 2.45) is 5.73 Å². The van der Waals surface area contributed by atoms with Crippen LogP contribution in [0.4, 0.5) is 13.2 Å². The van der Waals surface area contributed by atoms with Gasteiger partial charge >= 0.3 is 6.18 Å². The van der Waals surface area contributed by atoms with Gasteiger partial charge in [-0.3, -0.25) is 4.79 Å². The molecule has 3 nitrogen and oxygen atoms in total. The molecule has 0 aromatic heterocycles. The van der Waals surface area contributed by atoms with E-state index >= 15 is 0 Å². The standard InChI is InChI=1S/C6H11F3N2O/c1-4(2-6(7,8)9)11-3-5(10)12/h4,11H,2-3H2,1H3,(H2,10,12). The molecule has 0 fully saturated rings. The van der Waals surface area contributed by atoms with Crippen LogP contribution in [0.25, 0.3) is 0 Å². The predicted octanol–water partition coefficient (Wildman–Crippen LogP) is 0.402. The number of nitrogens with one attached hydrogen (secondary N) is 1. The highest BCUT2D eigenvalue weighted by Gasteiger charge is 2.29. The van der Waals surface area contributed by atoms with Gasteiger partial charge in [0.1, 0.15) is 0 Å². The number of primary amides is 1. The van der Waals surface area contributed by atoms with Crippen LogP contribution in [0, 0.1) is 0 Å².